The molecule has 1 aromatic carbocycles. The minimum absolute atomic E-state index is 0.0802. The maximum absolute atomic E-state index is 12.1. The Labute approximate surface area is 112 Å². The number of anilines is 1. The number of nitrogens with two attached hydrogens (primary N) is 1. The van der Waals surface area contributed by atoms with Gasteiger partial charge in [0.2, 0.25) is 5.91 Å². The van der Waals surface area contributed by atoms with Crippen LogP contribution in [0.2, 0.25) is 0 Å². The molecule has 0 heterocycles. The second kappa shape index (κ2) is 5.05. The van der Waals surface area contributed by atoms with Crippen LogP contribution in [0.3, 0.4) is 0 Å². The fourth-order valence-corrected chi connectivity index (χ4v) is 2.32. The molecule has 0 bridgehead atoms. The first kappa shape index (κ1) is 14.2. The summed E-state index contributed by atoms with van der Waals surface area (Å²) in [5, 5.41) is 2.62. The van der Waals surface area contributed by atoms with E-state index < -0.39 is 11.0 Å². The number of hydrogen-bond donors (Lipinski definition) is 2. The Morgan fingerprint density at radius 3 is 2.26 bits per heavy atom. The zero-order valence-corrected chi connectivity index (χ0v) is 10.8. The molecule has 0 aliphatic heterocycles. The van der Waals surface area contributed by atoms with Gasteiger partial charge in [-0.05, 0) is 55.3 Å². The summed E-state index contributed by atoms with van der Waals surface area (Å²) >= 11 is -0.188. The molecule has 104 valence electrons. The fourth-order valence-electron chi connectivity index (χ4n) is 1.78. The van der Waals surface area contributed by atoms with Crippen LogP contribution in [0.5, 0.6) is 0 Å². The molecule has 0 aromatic heterocycles. The average molecular weight is 290 g/mol. The molecule has 1 saturated carbocycles. The van der Waals surface area contributed by atoms with E-state index in [-0.39, 0.29) is 22.6 Å². The molecular formula is C12H13F3N2OS. The van der Waals surface area contributed by atoms with Gasteiger partial charge in [0.15, 0.2) is 0 Å². The first-order valence-electron chi connectivity index (χ1n) is 5.75. The fraction of sp³-hybridized carbons (Fsp3) is 0.417. The van der Waals surface area contributed by atoms with Crippen LogP contribution in [0, 0.1) is 0 Å². The van der Waals surface area contributed by atoms with Crippen LogP contribution < -0.4 is 11.1 Å². The third-order valence-electron chi connectivity index (χ3n) is 3.04. The summed E-state index contributed by atoms with van der Waals surface area (Å²) in [6.45, 7) is 0. The van der Waals surface area contributed by atoms with Crippen LogP contribution in [-0.4, -0.2) is 17.0 Å². The van der Waals surface area contributed by atoms with Crippen LogP contribution in [0.15, 0.2) is 29.2 Å². The predicted octanol–water partition coefficient (Wildman–Crippen LogP) is 3.12. The Morgan fingerprint density at radius 2 is 1.84 bits per heavy atom. The van der Waals surface area contributed by atoms with Crippen LogP contribution in [-0.2, 0) is 4.79 Å². The van der Waals surface area contributed by atoms with Crippen molar-refractivity contribution < 1.29 is 18.0 Å². The standard InChI is InChI=1S/C12H13F3N2OS/c13-12(14,15)19-9-4-2-8(3-5-9)17-10(18)11(16)6-1-7-11/h2-5H,1,6-7,16H2,(H,17,18). The van der Waals surface area contributed by atoms with E-state index >= 15 is 0 Å². The lowest BCUT2D eigenvalue weighted by Gasteiger charge is -2.36. The molecular weight excluding hydrogens is 277 g/mol. The number of rotatable bonds is 3. The summed E-state index contributed by atoms with van der Waals surface area (Å²) in [5.41, 5.74) is 1.17. The minimum atomic E-state index is -4.31. The average Bonchev–Trinajstić information content (AvgIpc) is 2.26. The topological polar surface area (TPSA) is 55.1 Å². The van der Waals surface area contributed by atoms with Crippen molar-refractivity contribution in [2.45, 2.75) is 35.2 Å². The first-order valence-corrected chi connectivity index (χ1v) is 6.56. The normalized spacial score (nSPS) is 17.7. The van der Waals surface area contributed by atoms with Crippen molar-refractivity contribution in [3.8, 4) is 0 Å². The number of hydrogen-bond acceptors (Lipinski definition) is 3. The van der Waals surface area contributed by atoms with Crippen LogP contribution in [0.1, 0.15) is 19.3 Å². The first-order chi connectivity index (χ1) is 8.78. The summed E-state index contributed by atoms with van der Waals surface area (Å²) in [4.78, 5) is 11.9. The Morgan fingerprint density at radius 1 is 1.26 bits per heavy atom. The molecule has 0 saturated heterocycles. The van der Waals surface area contributed by atoms with Gasteiger partial charge < -0.3 is 11.1 Å². The van der Waals surface area contributed by atoms with Gasteiger partial charge in [-0.15, -0.1) is 0 Å². The quantitative estimate of drug-likeness (QED) is 0.841. The second-order valence-electron chi connectivity index (χ2n) is 4.54. The van der Waals surface area contributed by atoms with E-state index in [0.29, 0.717) is 18.5 Å². The highest BCUT2D eigenvalue weighted by Gasteiger charge is 2.40. The molecule has 1 aliphatic rings. The number of benzene rings is 1. The monoisotopic (exact) mass is 290 g/mol. The number of halogens is 3. The van der Waals surface area contributed by atoms with Gasteiger partial charge in [-0.1, -0.05) is 0 Å². The van der Waals surface area contributed by atoms with E-state index in [1.165, 1.54) is 24.3 Å². The maximum atomic E-state index is 12.1. The molecule has 3 nitrogen and oxygen atoms in total. The molecule has 0 atom stereocenters. The van der Waals surface area contributed by atoms with E-state index in [1.807, 2.05) is 0 Å². The largest absolute Gasteiger partial charge is 0.446 e. The smallest absolute Gasteiger partial charge is 0.324 e. The van der Waals surface area contributed by atoms with Gasteiger partial charge in [-0.2, -0.15) is 13.2 Å². The van der Waals surface area contributed by atoms with E-state index in [0.717, 1.165) is 6.42 Å². The van der Waals surface area contributed by atoms with E-state index in [4.69, 9.17) is 5.73 Å². The SMILES string of the molecule is NC1(C(=O)Nc2ccc(SC(F)(F)F)cc2)CCC1. The molecule has 19 heavy (non-hydrogen) atoms. The summed E-state index contributed by atoms with van der Waals surface area (Å²) in [5.74, 6) is -0.282. The highest BCUT2D eigenvalue weighted by molar-refractivity contribution is 8.00. The van der Waals surface area contributed by atoms with Gasteiger partial charge in [0.25, 0.3) is 0 Å². The Balaban J connectivity index is 1.97. The lowest BCUT2D eigenvalue weighted by Crippen LogP contribution is -2.56. The maximum Gasteiger partial charge on any atom is 0.446 e. The Bertz CT molecular complexity index is 469. The molecule has 1 aromatic rings. The van der Waals surface area contributed by atoms with Gasteiger partial charge in [-0.3, -0.25) is 4.79 Å². The zero-order chi connectivity index (χ0) is 14.1. The van der Waals surface area contributed by atoms with Crippen LogP contribution >= 0.6 is 11.8 Å². The van der Waals surface area contributed by atoms with E-state index in [1.54, 1.807) is 0 Å². The van der Waals surface area contributed by atoms with Crippen molar-refractivity contribution in [1.82, 2.24) is 0 Å². The number of carbonyl (C=O) groups is 1. The summed E-state index contributed by atoms with van der Waals surface area (Å²) in [6, 6.07) is 5.51. The summed E-state index contributed by atoms with van der Waals surface area (Å²) in [6.07, 6.45) is 2.20. The number of thioether (sulfide) groups is 1. The van der Waals surface area contributed by atoms with Crippen molar-refractivity contribution in [3.05, 3.63) is 24.3 Å². The van der Waals surface area contributed by atoms with Crippen molar-refractivity contribution in [3.63, 3.8) is 0 Å². The molecule has 1 aliphatic carbocycles. The van der Waals surface area contributed by atoms with Crippen molar-refractivity contribution in [2.75, 3.05) is 5.32 Å². The predicted molar refractivity (Wildman–Crippen MR) is 67.8 cm³/mol. The zero-order valence-electron chi connectivity index (χ0n) is 9.96. The van der Waals surface area contributed by atoms with Gasteiger partial charge in [0.1, 0.15) is 0 Å². The summed E-state index contributed by atoms with van der Waals surface area (Å²) < 4.78 is 36.4. The molecule has 3 N–H and O–H groups in total. The molecule has 0 unspecified atom stereocenters. The van der Waals surface area contributed by atoms with Crippen molar-refractivity contribution >= 4 is 23.4 Å². The van der Waals surface area contributed by atoms with Crippen LogP contribution in [0.25, 0.3) is 0 Å². The van der Waals surface area contributed by atoms with E-state index in [2.05, 4.69) is 5.32 Å². The molecule has 7 heteroatoms. The third kappa shape index (κ3) is 3.63. The van der Waals surface area contributed by atoms with Gasteiger partial charge >= 0.3 is 5.51 Å². The number of amides is 1. The van der Waals surface area contributed by atoms with E-state index in [9.17, 15) is 18.0 Å². The van der Waals surface area contributed by atoms with Gasteiger partial charge in [-0.25, -0.2) is 0 Å². The molecule has 0 radical (unpaired) electrons. The molecule has 1 fully saturated rings. The third-order valence-corrected chi connectivity index (χ3v) is 3.78. The van der Waals surface area contributed by atoms with Gasteiger partial charge in [0, 0.05) is 10.6 Å². The Kier molecular flexibility index (Phi) is 3.78. The minimum Gasteiger partial charge on any atom is -0.324 e. The number of carbonyl (C=O) groups excluding carboxylic acids is 1. The van der Waals surface area contributed by atoms with Gasteiger partial charge in [0.05, 0.1) is 5.54 Å². The lowest BCUT2D eigenvalue weighted by molar-refractivity contribution is -0.123. The number of nitrogens with one attached hydrogen (secondary N) is 1. The molecule has 0 spiro atoms. The van der Waals surface area contributed by atoms with Crippen molar-refractivity contribution in [2.24, 2.45) is 5.73 Å². The highest BCUT2D eigenvalue weighted by atomic mass is 32.2. The highest BCUT2D eigenvalue weighted by Crippen LogP contribution is 2.37. The Hall–Kier alpha value is -1.21. The summed E-state index contributed by atoms with van der Waals surface area (Å²) in [7, 11) is 0. The van der Waals surface area contributed by atoms with Crippen molar-refractivity contribution in [1.29, 1.82) is 0 Å². The molecule has 2 rings (SSSR count). The number of alkyl halides is 3. The lowest BCUT2D eigenvalue weighted by atomic mass is 9.77. The second-order valence-corrected chi connectivity index (χ2v) is 5.67. The molecule has 1 amide bonds. The van der Waals surface area contributed by atoms with Crippen LogP contribution in [0.4, 0.5) is 18.9 Å².